The number of guanidine groups is 1. The first-order valence-corrected chi connectivity index (χ1v) is 7.87. The molecule has 5 nitrogen and oxygen atoms in total. The van der Waals surface area contributed by atoms with E-state index in [2.05, 4.69) is 35.6 Å². The van der Waals surface area contributed by atoms with Crippen molar-refractivity contribution in [2.45, 2.75) is 39.2 Å². The molecule has 2 N–H and O–H groups in total. The number of aliphatic imine (C=N–C) groups is 1. The Morgan fingerprint density at radius 3 is 2.57 bits per heavy atom. The molecule has 0 unspecified atom stereocenters. The number of ether oxygens (including phenoxy) is 1. The standard InChI is InChI=1S/C15H30N4O.HI/c1-13-4-7-19(8-5-13)14(16)17-6-9-18-10-11-20-15(2,3)12-18;/h13H,4-12H2,1-3H3,(H2,16,17);1H. The van der Waals surface area contributed by atoms with Crippen LogP contribution in [0.5, 0.6) is 0 Å². The fourth-order valence-electron chi connectivity index (χ4n) is 2.95. The van der Waals surface area contributed by atoms with Gasteiger partial charge in [0.15, 0.2) is 5.96 Å². The van der Waals surface area contributed by atoms with Crippen molar-refractivity contribution in [3.8, 4) is 0 Å². The zero-order valence-electron chi connectivity index (χ0n) is 13.7. The lowest BCUT2D eigenvalue weighted by molar-refractivity contribution is -0.0850. The summed E-state index contributed by atoms with van der Waals surface area (Å²) in [6.07, 6.45) is 2.46. The van der Waals surface area contributed by atoms with E-state index in [4.69, 9.17) is 10.5 Å². The molecule has 0 atom stereocenters. The van der Waals surface area contributed by atoms with Crippen molar-refractivity contribution < 1.29 is 4.74 Å². The van der Waals surface area contributed by atoms with Crippen LogP contribution >= 0.6 is 24.0 Å². The Labute approximate surface area is 146 Å². The number of hydrogen-bond donors (Lipinski definition) is 1. The third-order valence-corrected chi connectivity index (χ3v) is 4.30. The van der Waals surface area contributed by atoms with Gasteiger partial charge in [-0.2, -0.15) is 0 Å². The number of morpholine rings is 1. The average molecular weight is 410 g/mol. The first-order chi connectivity index (χ1) is 9.46. The molecule has 6 heteroatoms. The van der Waals surface area contributed by atoms with Crippen LogP contribution in [0.4, 0.5) is 0 Å². The van der Waals surface area contributed by atoms with Crippen molar-refractivity contribution in [3.63, 3.8) is 0 Å². The second-order valence-corrected chi connectivity index (χ2v) is 6.79. The number of nitrogens with two attached hydrogens (primary N) is 1. The summed E-state index contributed by atoms with van der Waals surface area (Å²) in [7, 11) is 0. The molecule has 0 radical (unpaired) electrons. The van der Waals surface area contributed by atoms with Gasteiger partial charge in [-0.15, -0.1) is 24.0 Å². The molecular weight excluding hydrogens is 379 g/mol. The van der Waals surface area contributed by atoms with Crippen LogP contribution in [0.1, 0.15) is 33.6 Å². The van der Waals surface area contributed by atoms with Crippen LogP contribution < -0.4 is 5.73 Å². The van der Waals surface area contributed by atoms with Gasteiger partial charge in [-0.05, 0) is 32.6 Å². The molecule has 0 saturated carbocycles. The number of piperidine rings is 1. The molecule has 0 aromatic carbocycles. The molecule has 2 fully saturated rings. The van der Waals surface area contributed by atoms with Crippen LogP contribution in [-0.4, -0.2) is 67.2 Å². The minimum atomic E-state index is -0.0312. The van der Waals surface area contributed by atoms with Gasteiger partial charge >= 0.3 is 0 Å². The lowest BCUT2D eigenvalue weighted by atomic mass is 10.00. The van der Waals surface area contributed by atoms with Crippen molar-refractivity contribution in [2.24, 2.45) is 16.6 Å². The van der Waals surface area contributed by atoms with E-state index in [9.17, 15) is 0 Å². The normalized spacial score (nSPS) is 24.7. The fraction of sp³-hybridized carbons (Fsp3) is 0.933. The summed E-state index contributed by atoms with van der Waals surface area (Å²) in [6.45, 7) is 13.3. The monoisotopic (exact) mass is 410 g/mol. The summed E-state index contributed by atoms with van der Waals surface area (Å²) in [4.78, 5) is 9.19. The highest BCUT2D eigenvalue weighted by Crippen LogP contribution is 2.16. The summed E-state index contributed by atoms with van der Waals surface area (Å²) in [5.74, 6) is 1.55. The van der Waals surface area contributed by atoms with Crippen molar-refractivity contribution >= 4 is 29.9 Å². The van der Waals surface area contributed by atoms with Gasteiger partial charge in [0.25, 0.3) is 0 Å². The molecule has 2 aliphatic heterocycles. The predicted molar refractivity (Wildman–Crippen MR) is 98.3 cm³/mol. The maximum atomic E-state index is 6.10. The highest BCUT2D eigenvalue weighted by atomic mass is 127. The summed E-state index contributed by atoms with van der Waals surface area (Å²) >= 11 is 0. The third kappa shape index (κ3) is 6.28. The molecule has 2 heterocycles. The molecule has 0 aromatic heterocycles. The molecule has 21 heavy (non-hydrogen) atoms. The van der Waals surface area contributed by atoms with Crippen molar-refractivity contribution in [1.29, 1.82) is 0 Å². The molecule has 0 aromatic rings. The van der Waals surface area contributed by atoms with E-state index < -0.39 is 0 Å². The molecule has 2 saturated heterocycles. The molecule has 0 spiro atoms. The second-order valence-electron chi connectivity index (χ2n) is 6.79. The SMILES string of the molecule is CC1CCN(C(N)=NCCN2CCOC(C)(C)C2)CC1.I. The Bertz CT molecular complexity index is 341. The topological polar surface area (TPSA) is 54.1 Å². The molecule has 0 aliphatic carbocycles. The van der Waals surface area contributed by atoms with E-state index in [1.807, 2.05) is 0 Å². The van der Waals surface area contributed by atoms with Crippen molar-refractivity contribution in [3.05, 3.63) is 0 Å². The van der Waals surface area contributed by atoms with E-state index in [0.29, 0.717) is 0 Å². The van der Waals surface area contributed by atoms with E-state index in [-0.39, 0.29) is 29.6 Å². The van der Waals surface area contributed by atoms with Crippen LogP contribution in [0.3, 0.4) is 0 Å². The Hall–Kier alpha value is -0.0800. The zero-order chi connectivity index (χ0) is 14.6. The summed E-state index contributed by atoms with van der Waals surface area (Å²) in [5.41, 5.74) is 6.06. The Morgan fingerprint density at radius 1 is 1.29 bits per heavy atom. The van der Waals surface area contributed by atoms with Gasteiger partial charge in [-0.25, -0.2) is 0 Å². The quantitative estimate of drug-likeness (QED) is 0.438. The fourth-order valence-corrected chi connectivity index (χ4v) is 2.95. The molecular formula is C15H31IN4O. The van der Waals surface area contributed by atoms with Crippen LogP contribution in [0, 0.1) is 5.92 Å². The smallest absolute Gasteiger partial charge is 0.191 e. The molecule has 0 amide bonds. The van der Waals surface area contributed by atoms with Crippen LogP contribution in [0.25, 0.3) is 0 Å². The van der Waals surface area contributed by atoms with Crippen LogP contribution in [0.2, 0.25) is 0 Å². The van der Waals surface area contributed by atoms with Crippen LogP contribution in [0.15, 0.2) is 4.99 Å². The third-order valence-electron chi connectivity index (χ3n) is 4.30. The number of hydrogen-bond acceptors (Lipinski definition) is 3. The van der Waals surface area contributed by atoms with E-state index in [1.54, 1.807) is 0 Å². The Morgan fingerprint density at radius 2 is 1.95 bits per heavy atom. The number of rotatable bonds is 3. The van der Waals surface area contributed by atoms with E-state index in [1.165, 1.54) is 12.8 Å². The highest BCUT2D eigenvalue weighted by Gasteiger charge is 2.26. The predicted octanol–water partition coefficient (Wildman–Crippen LogP) is 1.76. The molecule has 124 valence electrons. The highest BCUT2D eigenvalue weighted by molar-refractivity contribution is 14.0. The average Bonchev–Trinajstić information content (AvgIpc) is 2.38. The van der Waals surface area contributed by atoms with E-state index in [0.717, 1.165) is 57.8 Å². The van der Waals surface area contributed by atoms with Crippen molar-refractivity contribution in [2.75, 3.05) is 45.9 Å². The number of nitrogens with zero attached hydrogens (tertiary/aromatic N) is 3. The van der Waals surface area contributed by atoms with Gasteiger partial charge < -0.3 is 15.4 Å². The minimum Gasteiger partial charge on any atom is -0.373 e. The van der Waals surface area contributed by atoms with E-state index >= 15 is 0 Å². The zero-order valence-corrected chi connectivity index (χ0v) is 16.0. The van der Waals surface area contributed by atoms with Gasteiger partial charge in [0, 0.05) is 32.7 Å². The maximum absolute atomic E-state index is 6.10. The Kier molecular flexibility index (Phi) is 7.70. The van der Waals surface area contributed by atoms with Gasteiger partial charge in [0.05, 0.1) is 18.8 Å². The number of likely N-dealkylation sites (tertiary alicyclic amines) is 1. The van der Waals surface area contributed by atoms with Gasteiger partial charge in [0.1, 0.15) is 0 Å². The summed E-state index contributed by atoms with van der Waals surface area (Å²) < 4.78 is 5.72. The molecule has 0 bridgehead atoms. The lowest BCUT2D eigenvalue weighted by Crippen LogP contribution is -2.49. The largest absolute Gasteiger partial charge is 0.373 e. The van der Waals surface area contributed by atoms with Crippen LogP contribution in [-0.2, 0) is 4.74 Å². The summed E-state index contributed by atoms with van der Waals surface area (Å²) in [6, 6.07) is 0. The number of halogens is 1. The Balaban J connectivity index is 0.00000220. The molecule has 2 aliphatic rings. The van der Waals surface area contributed by atoms with Crippen molar-refractivity contribution in [1.82, 2.24) is 9.80 Å². The minimum absolute atomic E-state index is 0. The second kappa shape index (κ2) is 8.53. The van der Waals surface area contributed by atoms with Gasteiger partial charge in [-0.3, -0.25) is 9.89 Å². The first kappa shape index (κ1) is 19.0. The maximum Gasteiger partial charge on any atom is 0.191 e. The first-order valence-electron chi connectivity index (χ1n) is 7.87. The van der Waals surface area contributed by atoms with Gasteiger partial charge in [0.2, 0.25) is 0 Å². The lowest BCUT2D eigenvalue weighted by Gasteiger charge is -2.38. The molecule has 2 rings (SSSR count). The summed E-state index contributed by atoms with van der Waals surface area (Å²) in [5, 5.41) is 0. The van der Waals surface area contributed by atoms with Gasteiger partial charge in [-0.1, -0.05) is 6.92 Å².